The Labute approximate surface area is 163 Å². The fourth-order valence-electron chi connectivity index (χ4n) is 3.17. The van der Waals surface area contributed by atoms with Crippen molar-refractivity contribution in [3.05, 3.63) is 63.2 Å². The van der Waals surface area contributed by atoms with Gasteiger partial charge in [0.2, 0.25) is 10.0 Å². The third kappa shape index (κ3) is 3.99. The number of amides is 1. The molecule has 28 heavy (non-hydrogen) atoms. The minimum atomic E-state index is -3.38. The first-order valence-electron chi connectivity index (χ1n) is 8.86. The van der Waals surface area contributed by atoms with Crippen LogP contribution in [0.5, 0.6) is 0 Å². The number of anilines is 2. The van der Waals surface area contributed by atoms with Crippen molar-refractivity contribution in [3.8, 4) is 0 Å². The summed E-state index contributed by atoms with van der Waals surface area (Å²) >= 11 is 0. The van der Waals surface area contributed by atoms with Gasteiger partial charge >= 0.3 is 0 Å². The van der Waals surface area contributed by atoms with Gasteiger partial charge in [-0.1, -0.05) is 6.07 Å². The van der Waals surface area contributed by atoms with E-state index in [2.05, 4.69) is 5.32 Å². The molecule has 0 bridgehead atoms. The van der Waals surface area contributed by atoms with Gasteiger partial charge in [-0.2, -0.15) is 0 Å². The average Bonchev–Trinajstić information content (AvgIpc) is 2.63. The molecule has 3 rings (SSSR count). The molecule has 1 aliphatic heterocycles. The normalized spacial score (nSPS) is 15.9. The molecule has 2 aromatic carbocycles. The number of nitro groups is 1. The van der Waals surface area contributed by atoms with Crippen molar-refractivity contribution in [1.29, 1.82) is 0 Å². The van der Waals surface area contributed by atoms with Crippen molar-refractivity contribution in [2.45, 2.75) is 26.7 Å². The number of sulfonamides is 1. The third-order valence-electron chi connectivity index (χ3n) is 4.76. The fourth-order valence-corrected chi connectivity index (χ4v) is 4.87. The lowest BCUT2D eigenvalue weighted by molar-refractivity contribution is -0.384. The van der Waals surface area contributed by atoms with Gasteiger partial charge in [0.1, 0.15) is 0 Å². The number of nitrogens with zero attached hydrogens (tertiary/aromatic N) is 2. The zero-order valence-electron chi connectivity index (χ0n) is 15.6. The van der Waals surface area contributed by atoms with Crippen molar-refractivity contribution in [2.24, 2.45) is 0 Å². The molecule has 0 saturated carbocycles. The average molecular weight is 403 g/mol. The lowest BCUT2D eigenvalue weighted by atomic mass is 10.1. The zero-order valence-corrected chi connectivity index (χ0v) is 16.5. The topological polar surface area (TPSA) is 110 Å². The van der Waals surface area contributed by atoms with E-state index in [0.717, 1.165) is 12.0 Å². The molecular formula is C19H21N3O5S. The maximum Gasteiger partial charge on any atom is 0.269 e. The predicted molar refractivity (Wildman–Crippen MR) is 107 cm³/mol. The first kappa shape index (κ1) is 19.8. The first-order chi connectivity index (χ1) is 13.2. The van der Waals surface area contributed by atoms with E-state index in [9.17, 15) is 23.3 Å². The summed E-state index contributed by atoms with van der Waals surface area (Å²) in [5.74, 6) is -0.308. The minimum Gasteiger partial charge on any atom is -0.322 e. The minimum absolute atomic E-state index is 0.0524. The molecule has 0 radical (unpaired) electrons. The number of nitro benzene ring substituents is 1. The van der Waals surface area contributed by atoms with Crippen molar-refractivity contribution < 1.29 is 18.1 Å². The highest BCUT2D eigenvalue weighted by molar-refractivity contribution is 7.92. The molecule has 1 saturated heterocycles. The first-order valence-corrected chi connectivity index (χ1v) is 10.5. The van der Waals surface area contributed by atoms with Crippen molar-refractivity contribution in [3.63, 3.8) is 0 Å². The lowest BCUT2D eigenvalue weighted by Gasteiger charge is -2.29. The van der Waals surface area contributed by atoms with E-state index in [0.29, 0.717) is 35.5 Å². The highest BCUT2D eigenvalue weighted by atomic mass is 32.2. The van der Waals surface area contributed by atoms with Crippen LogP contribution in [0.2, 0.25) is 0 Å². The molecule has 1 fully saturated rings. The van der Waals surface area contributed by atoms with Crippen LogP contribution in [0.1, 0.15) is 34.3 Å². The molecule has 1 amide bonds. The predicted octanol–water partition coefficient (Wildman–Crippen LogP) is 3.39. The molecule has 2 aromatic rings. The monoisotopic (exact) mass is 403 g/mol. The van der Waals surface area contributed by atoms with E-state index in [1.165, 1.54) is 22.5 Å². The Hall–Kier alpha value is -2.94. The van der Waals surface area contributed by atoms with Crippen LogP contribution in [0.25, 0.3) is 0 Å². The van der Waals surface area contributed by atoms with E-state index < -0.39 is 20.9 Å². The quantitative estimate of drug-likeness (QED) is 0.621. The van der Waals surface area contributed by atoms with Gasteiger partial charge < -0.3 is 5.32 Å². The van der Waals surface area contributed by atoms with Gasteiger partial charge in [-0.05, 0) is 56.0 Å². The molecule has 0 spiro atoms. The second kappa shape index (κ2) is 7.59. The van der Waals surface area contributed by atoms with Crippen molar-refractivity contribution >= 4 is 33.0 Å². The van der Waals surface area contributed by atoms with Crippen molar-refractivity contribution in [2.75, 3.05) is 21.9 Å². The lowest BCUT2D eigenvalue weighted by Crippen LogP contribution is -2.38. The van der Waals surface area contributed by atoms with E-state index >= 15 is 0 Å². The Morgan fingerprint density at radius 1 is 1.11 bits per heavy atom. The molecule has 0 unspecified atom stereocenters. The molecule has 9 heteroatoms. The molecule has 8 nitrogen and oxygen atoms in total. The van der Waals surface area contributed by atoms with Crippen LogP contribution in [-0.2, 0) is 10.0 Å². The summed E-state index contributed by atoms with van der Waals surface area (Å²) in [6.45, 7) is 3.88. The van der Waals surface area contributed by atoms with E-state index in [-0.39, 0.29) is 11.4 Å². The molecule has 0 aromatic heterocycles. The van der Waals surface area contributed by atoms with Crippen molar-refractivity contribution in [1.82, 2.24) is 0 Å². The summed E-state index contributed by atoms with van der Waals surface area (Å²) in [6.07, 6.45) is 1.41. The number of aryl methyl sites for hydroxylation is 2. The fraction of sp³-hybridized carbons (Fsp3) is 0.316. The van der Waals surface area contributed by atoms with E-state index in [1.807, 2.05) is 6.92 Å². The molecule has 0 aliphatic carbocycles. The summed E-state index contributed by atoms with van der Waals surface area (Å²) in [5.41, 5.74) is 2.57. The standard InChI is InChI=1S/C19H21N3O5S/c1-13-5-6-15(12-18(13)21-9-3-4-10-28(21,26)27)19(23)20-17-8-7-16(22(24)25)11-14(17)2/h5-8,11-12H,3-4,9-10H2,1-2H3,(H,20,23). The number of non-ortho nitro benzene ring substituents is 1. The van der Waals surface area contributed by atoms with Crippen LogP contribution >= 0.6 is 0 Å². The van der Waals surface area contributed by atoms with Gasteiger partial charge in [0, 0.05) is 29.9 Å². The summed E-state index contributed by atoms with van der Waals surface area (Å²) in [7, 11) is -3.38. The summed E-state index contributed by atoms with van der Waals surface area (Å²) in [6, 6.07) is 9.12. The molecule has 1 aliphatic rings. The number of benzene rings is 2. The van der Waals surface area contributed by atoms with Gasteiger partial charge in [0.15, 0.2) is 0 Å². The SMILES string of the molecule is Cc1cc([N+](=O)[O-])ccc1NC(=O)c1ccc(C)c(N2CCCCS2(=O)=O)c1. The molecule has 148 valence electrons. The van der Waals surface area contributed by atoms with Gasteiger partial charge in [-0.3, -0.25) is 19.2 Å². The Morgan fingerprint density at radius 2 is 1.86 bits per heavy atom. The molecule has 0 atom stereocenters. The maximum atomic E-state index is 12.7. The number of hydrogen-bond donors (Lipinski definition) is 1. The number of carbonyl (C=O) groups excluding carboxylic acids is 1. The zero-order chi connectivity index (χ0) is 20.5. The highest BCUT2D eigenvalue weighted by Gasteiger charge is 2.27. The summed E-state index contributed by atoms with van der Waals surface area (Å²) in [4.78, 5) is 23.0. The summed E-state index contributed by atoms with van der Waals surface area (Å²) in [5, 5.41) is 13.6. The van der Waals surface area contributed by atoms with Gasteiger partial charge in [-0.25, -0.2) is 8.42 Å². The van der Waals surface area contributed by atoms with Crippen LogP contribution in [0.15, 0.2) is 36.4 Å². The van der Waals surface area contributed by atoms with Gasteiger partial charge in [0.25, 0.3) is 11.6 Å². The highest BCUT2D eigenvalue weighted by Crippen LogP contribution is 2.28. The van der Waals surface area contributed by atoms with Crippen LogP contribution in [0, 0.1) is 24.0 Å². The Morgan fingerprint density at radius 3 is 2.50 bits per heavy atom. The number of nitrogens with one attached hydrogen (secondary N) is 1. The molecular weight excluding hydrogens is 382 g/mol. The second-order valence-corrected chi connectivity index (χ2v) is 8.82. The third-order valence-corrected chi connectivity index (χ3v) is 6.61. The van der Waals surface area contributed by atoms with Crippen LogP contribution in [-0.4, -0.2) is 31.5 Å². The van der Waals surface area contributed by atoms with E-state index in [1.54, 1.807) is 25.1 Å². The largest absolute Gasteiger partial charge is 0.322 e. The Balaban J connectivity index is 1.88. The summed E-state index contributed by atoms with van der Waals surface area (Å²) < 4.78 is 26.2. The van der Waals surface area contributed by atoms with Crippen LogP contribution in [0.3, 0.4) is 0 Å². The van der Waals surface area contributed by atoms with Gasteiger partial charge in [-0.15, -0.1) is 0 Å². The van der Waals surface area contributed by atoms with Crippen LogP contribution < -0.4 is 9.62 Å². The molecule has 1 N–H and O–H groups in total. The van der Waals surface area contributed by atoms with Gasteiger partial charge in [0.05, 0.1) is 16.4 Å². The smallest absolute Gasteiger partial charge is 0.269 e. The number of rotatable bonds is 4. The second-order valence-electron chi connectivity index (χ2n) is 6.81. The molecule has 1 heterocycles. The maximum absolute atomic E-state index is 12.7. The number of hydrogen-bond acceptors (Lipinski definition) is 5. The Kier molecular flexibility index (Phi) is 5.37. The Bertz CT molecular complexity index is 1050. The van der Waals surface area contributed by atoms with Crippen LogP contribution in [0.4, 0.5) is 17.1 Å². The number of carbonyl (C=O) groups is 1. The van der Waals surface area contributed by atoms with E-state index in [4.69, 9.17) is 0 Å².